The summed E-state index contributed by atoms with van der Waals surface area (Å²) in [7, 11) is 0. The minimum absolute atomic E-state index is 0.00159. The van der Waals surface area contributed by atoms with E-state index in [2.05, 4.69) is 57.0 Å². The van der Waals surface area contributed by atoms with E-state index in [9.17, 15) is 4.79 Å². The van der Waals surface area contributed by atoms with Crippen LogP contribution in [0.5, 0.6) is 0 Å². The molecular weight excluding hydrogens is 398 g/mol. The van der Waals surface area contributed by atoms with Crippen LogP contribution in [0.25, 0.3) is 0 Å². The number of amides is 1. The van der Waals surface area contributed by atoms with Gasteiger partial charge in [0, 0.05) is 19.6 Å². The smallest absolute Gasteiger partial charge is 0.230 e. The molecule has 8 heteroatoms. The summed E-state index contributed by atoms with van der Waals surface area (Å²) in [6.07, 6.45) is 4.87. The van der Waals surface area contributed by atoms with Crippen LogP contribution in [-0.4, -0.2) is 52.7 Å². The molecule has 1 atom stereocenters. The molecule has 0 spiro atoms. The second kappa shape index (κ2) is 9.83. The van der Waals surface area contributed by atoms with Crippen molar-refractivity contribution in [2.24, 2.45) is 0 Å². The maximum Gasteiger partial charge on any atom is 0.230 e. The summed E-state index contributed by atoms with van der Waals surface area (Å²) >= 11 is 1.44. The second-order valence-corrected chi connectivity index (χ2v) is 8.88. The Morgan fingerprint density at radius 3 is 2.73 bits per heavy atom. The lowest BCUT2D eigenvalue weighted by atomic mass is 9.89. The molecule has 0 saturated carbocycles. The number of thioether (sulfide) groups is 1. The number of ether oxygens (including phenoxy) is 1. The third-order valence-electron chi connectivity index (χ3n) is 5.89. The van der Waals surface area contributed by atoms with E-state index in [1.165, 1.54) is 47.7 Å². The number of hydrogen-bond donors (Lipinski definition) is 1. The van der Waals surface area contributed by atoms with Crippen molar-refractivity contribution >= 4 is 23.6 Å². The van der Waals surface area contributed by atoms with Gasteiger partial charge in [-0.1, -0.05) is 30.0 Å². The fourth-order valence-electron chi connectivity index (χ4n) is 4.18. The van der Waals surface area contributed by atoms with Crippen LogP contribution in [0.15, 0.2) is 23.4 Å². The molecule has 1 amide bonds. The van der Waals surface area contributed by atoms with Crippen LogP contribution in [0.2, 0.25) is 0 Å². The zero-order valence-electron chi connectivity index (χ0n) is 17.9. The fraction of sp³-hybridized carbons (Fsp3) is 0.591. The number of aryl methyl sites for hydroxylation is 2. The van der Waals surface area contributed by atoms with E-state index < -0.39 is 0 Å². The predicted molar refractivity (Wildman–Crippen MR) is 119 cm³/mol. The van der Waals surface area contributed by atoms with Gasteiger partial charge < -0.3 is 15.0 Å². The summed E-state index contributed by atoms with van der Waals surface area (Å²) in [5, 5.41) is 12.6. The van der Waals surface area contributed by atoms with Gasteiger partial charge in [-0.05, 0) is 56.2 Å². The van der Waals surface area contributed by atoms with Crippen molar-refractivity contribution in [1.82, 2.24) is 20.1 Å². The second-order valence-electron chi connectivity index (χ2n) is 7.94. The topological polar surface area (TPSA) is 72.3 Å². The molecule has 0 bridgehead atoms. The SMILES string of the molecule is CCn1c(SCC(=O)N[C@H](C)c2ccc3c(c2)CCCC3)nnc1N1CCOCC1. The van der Waals surface area contributed by atoms with E-state index in [4.69, 9.17) is 4.74 Å². The predicted octanol–water partition coefficient (Wildman–Crippen LogP) is 2.98. The van der Waals surface area contributed by atoms with Gasteiger partial charge in [0.1, 0.15) is 0 Å². The van der Waals surface area contributed by atoms with E-state index in [1.54, 1.807) is 0 Å². The van der Waals surface area contributed by atoms with Gasteiger partial charge in [-0.3, -0.25) is 9.36 Å². The average Bonchev–Trinajstić information content (AvgIpc) is 3.21. The average molecular weight is 430 g/mol. The number of morpholine rings is 1. The monoisotopic (exact) mass is 429 g/mol. The molecule has 1 saturated heterocycles. The maximum absolute atomic E-state index is 12.6. The van der Waals surface area contributed by atoms with E-state index >= 15 is 0 Å². The first-order valence-corrected chi connectivity index (χ1v) is 11.9. The molecular formula is C22H31N5O2S. The van der Waals surface area contributed by atoms with Crippen molar-refractivity contribution in [1.29, 1.82) is 0 Å². The Bertz CT molecular complexity index is 878. The molecule has 0 unspecified atom stereocenters. The standard InChI is InChI=1S/C22H31N5O2S/c1-3-27-21(26-10-12-29-13-11-26)24-25-22(27)30-15-20(28)23-16(2)18-9-8-17-6-4-5-7-19(17)14-18/h8-9,14,16H,3-7,10-13,15H2,1-2H3,(H,23,28)/t16-/m1/s1. The van der Waals surface area contributed by atoms with Gasteiger partial charge in [0.25, 0.3) is 0 Å². The summed E-state index contributed by atoms with van der Waals surface area (Å²) in [4.78, 5) is 14.8. The van der Waals surface area contributed by atoms with Crippen LogP contribution in [-0.2, 0) is 28.9 Å². The molecule has 1 N–H and O–H groups in total. The Balaban J connectivity index is 1.34. The summed E-state index contributed by atoms with van der Waals surface area (Å²) in [5.74, 6) is 1.21. The Morgan fingerprint density at radius 2 is 1.97 bits per heavy atom. The lowest BCUT2D eigenvalue weighted by molar-refractivity contribution is -0.119. The van der Waals surface area contributed by atoms with Crippen molar-refractivity contribution in [2.75, 3.05) is 37.0 Å². The van der Waals surface area contributed by atoms with Gasteiger partial charge in [0.05, 0.1) is 25.0 Å². The molecule has 1 aliphatic heterocycles. The summed E-state index contributed by atoms with van der Waals surface area (Å²) < 4.78 is 7.51. The number of anilines is 1. The van der Waals surface area contributed by atoms with Gasteiger partial charge in [-0.25, -0.2) is 0 Å². The number of fused-ring (bicyclic) bond motifs is 1. The molecule has 0 radical (unpaired) electrons. The number of carbonyl (C=O) groups excluding carboxylic acids is 1. The molecule has 1 aromatic carbocycles. The first-order chi connectivity index (χ1) is 14.7. The first-order valence-electron chi connectivity index (χ1n) is 11.0. The summed E-state index contributed by atoms with van der Waals surface area (Å²) in [6, 6.07) is 6.66. The minimum Gasteiger partial charge on any atom is -0.378 e. The summed E-state index contributed by atoms with van der Waals surface area (Å²) in [6.45, 7) is 7.97. The number of aromatic nitrogens is 3. The molecule has 7 nitrogen and oxygen atoms in total. The van der Waals surface area contributed by atoms with E-state index in [1.807, 2.05) is 0 Å². The Kier molecular flexibility index (Phi) is 6.94. The number of nitrogens with one attached hydrogen (secondary N) is 1. The molecule has 2 aliphatic rings. The van der Waals surface area contributed by atoms with Crippen LogP contribution in [0.4, 0.5) is 5.95 Å². The highest BCUT2D eigenvalue weighted by atomic mass is 32.2. The highest BCUT2D eigenvalue weighted by Gasteiger charge is 2.21. The molecule has 30 heavy (non-hydrogen) atoms. The zero-order chi connectivity index (χ0) is 20.9. The number of benzene rings is 1. The molecule has 2 aromatic rings. The highest BCUT2D eigenvalue weighted by molar-refractivity contribution is 7.99. The van der Waals surface area contributed by atoms with Crippen LogP contribution in [0.3, 0.4) is 0 Å². The van der Waals surface area contributed by atoms with Crippen LogP contribution < -0.4 is 10.2 Å². The molecule has 162 valence electrons. The Hall–Kier alpha value is -2.06. The van der Waals surface area contributed by atoms with Gasteiger partial charge in [-0.2, -0.15) is 0 Å². The van der Waals surface area contributed by atoms with Crippen molar-refractivity contribution in [3.8, 4) is 0 Å². The first kappa shape index (κ1) is 21.2. The Labute approximate surface area is 182 Å². The Morgan fingerprint density at radius 1 is 1.20 bits per heavy atom. The van der Waals surface area contributed by atoms with E-state index in [0.29, 0.717) is 19.0 Å². The molecule has 4 rings (SSSR count). The normalized spacial score (nSPS) is 17.5. The van der Waals surface area contributed by atoms with Crippen LogP contribution >= 0.6 is 11.8 Å². The van der Waals surface area contributed by atoms with E-state index in [-0.39, 0.29) is 11.9 Å². The van der Waals surface area contributed by atoms with E-state index in [0.717, 1.165) is 37.2 Å². The fourth-order valence-corrected chi connectivity index (χ4v) is 4.99. The maximum atomic E-state index is 12.6. The van der Waals surface area contributed by atoms with Gasteiger partial charge in [0.2, 0.25) is 11.9 Å². The van der Waals surface area contributed by atoms with Crippen LogP contribution in [0, 0.1) is 0 Å². The number of carbonyl (C=O) groups is 1. The molecule has 2 heterocycles. The van der Waals surface area contributed by atoms with Gasteiger partial charge in [0.15, 0.2) is 5.16 Å². The van der Waals surface area contributed by atoms with Crippen molar-refractivity contribution in [2.45, 2.75) is 57.3 Å². The summed E-state index contributed by atoms with van der Waals surface area (Å²) in [5.41, 5.74) is 4.09. The van der Waals surface area contributed by atoms with Crippen molar-refractivity contribution in [3.05, 3.63) is 34.9 Å². The van der Waals surface area contributed by atoms with Gasteiger partial charge in [-0.15, -0.1) is 10.2 Å². The van der Waals surface area contributed by atoms with Crippen molar-refractivity contribution < 1.29 is 9.53 Å². The molecule has 1 aromatic heterocycles. The largest absolute Gasteiger partial charge is 0.378 e. The third kappa shape index (κ3) is 4.81. The third-order valence-corrected chi connectivity index (χ3v) is 6.86. The lowest BCUT2D eigenvalue weighted by Crippen LogP contribution is -2.38. The molecule has 1 fully saturated rings. The van der Waals surface area contributed by atoms with Gasteiger partial charge >= 0.3 is 0 Å². The van der Waals surface area contributed by atoms with Crippen LogP contribution in [0.1, 0.15) is 49.4 Å². The minimum atomic E-state index is -0.00159. The van der Waals surface area contributed by atoms with Crippen molar-refractivity contribution in [3.63, 3.8) is 0 Å². The zero-order valence-corrected chi connectivity index (χ0v) is 18.7. The molecule has 1 aliphatic carbocycles. The number of hydrogen-bond acceptors (Lipinski definition) is 6. The highest BCUT2D eigenvalue weighted by Crippen LogP contribution is 2.26. The number of nitrogens with zero attached hydrogens (tertiary/aromatic N) is 4. The number of rotatable bonds is 7. The quantitative estimate of drug-likeness (QED) is 0.682. The lowest BCUT2D eigenvalue weighted by Gasteiger charge is -2.27.